The molecule has 1 fully saturated rings. The highest BCUT2D eigenvalue weighted by Gasteiger charge is 2.34. The van der Waals surface area contributed by atoms with Crippen molar-refractivity contribution in [1.29, 1.82) is 0 Å². The molecule has 0 bridgehead atoms. The van der Waals surface area contributed by atoms with Crippen molar-refractivity contribution in [3.8, 4) is 0 Å². The molecule has 1 aliphatic rings. The monoisotopic (exact) mass is 250 g/mol. The number of hydrogen-bond donors (Lipinski definition) is 2. The molecule has 3 N–H and O–H groups in total. The van der Waals surface area contributed by atoms with Crippen LogP contribution in [0.2, 0.25) is 0 Å². The van der Waals surface area contributed by atoms with Crippen molar-refractivity contribution in [3.63, 3.8) is 0 Å². The number of urea groups is 1. The number of imide groups is 1. The number of aromatic nitrogens is 2. The minimum Gasteiger partial charge on any atom is -0.318 e. The number of nitrogen functional groups attached to an aromatic ring is 1. The van der Waals surface area contributed by atoms with Gasteiger partial charge in [-0.1, -0.05) is 0 Å². The van der Waals surface area contributed by atoms with Crippen LogP contribution in [0.4, 0.5) is 10.6 Å². The summed E-state index contributed by atoms with van der Waals surface area (Å²) < 4.78 is 0. The summed E-state index contributed by atoms with van der Waals surface area (Å²) in [6.07, 6.45) is 0. The molecule has 0 spiro atoms. The minimum absolute atomic E-state index is 0.0539. The molecule has 0 saturated carbocycles. The molecule has 0 radical (unpaired) electrons. The molecule has 0 atom stereocenters. The van der Waals surface area contributed by atoms with Gasteiger partial charge in [0, 0.05) is 18.8 Å². The first-order valence-electron chi connectivity index (χ1n) is 5.38. The Morgan fingerprint density at radius 2 is 2.17 bits per heavy atom. The van der Waals surface area contributed by atoms with Crippen LogP contribution in [0.5, 0.6) is 0 Å². The van der Waals surface area contributed by atoms with Crippen LogP contribution >= 0.6 is 0 Å². The molecule has 2 heterocycles. The lowest BCUT2D eigenvalue weighted by Gasteiger charge is -2.13. The van der Waals surface area contributed by atoms with Crippen molar-refractivity contribution in [2.75, 3.05) is 19.0 Å². The zero-order valence-corrected chi connectivity index (χ0v) is 10.2. The van der Waals surface area contributed by atoms with Crippen molar-refractivity contribution in [1.82, 2.24) is 19.8 Å². The third kappa shape index (κ3) is 2.23. The number of nitrogens with two attached hydrogens (primary N) is 1. The van der Waals surface area contributed by atoms with E-state index in [2.05, 4.69) is 15.4 Å². The van der Waals surface area contributed by atoms with E-state index in [9.17, 15) is 9.59 Å². The SMILES string of the molecule is Cc1cc(NN)nc(CN2C(=O)CN(C)C2=O)n1. The van der Waals surface area contributed by atoms with Crippen LogP contribution in [0.25, 0.3) is 0 Å². The average molecular weight is 250 g/mol. The lowest BCUT2D eigenvalue weighted by Crippen LogP contribution is -2.32. The molecule has 3 amide bonds. The normalized spacial score (nSPS) is 15.5. The number of aryl methyl sites for hydroxylation is 1. The average Bonchev–Trinajstić information content (AvgIpc) is 2.55. The maximum Gasteiger partial charge on any atom is 0.327 e. The van der Waals surface area contributed by atoms with Crippen molar-refractivity contribution in [3.05, 3.63) is 17.6 Å². The smallest absolute Gasteiger partial charge is 0.318 e. The van der Waals surface area contributed by atoms with Crippen LogP contribution in [-0.4, -0.2) is 45.3 Å². The first-order chi connectivity index (χ1) is 8.51. The van der Waals surface area contributed by atoms with E-state index in [1.807, 2.05) is 0 Å². The van der Waals surface area contributed by atoms with Gasteiger partial charge in [-0.3, -0.25) is 9.69 Å². The Bertz CT molecular complexity index is 503. The van der Waals surface area contributed by atoms with E-state index in [0.717, 1.165) is 4.90 Å². The van der Waals surface area contributed by atoms with Crippen LogP contribution in [0.1, 0.15) is 11.5 Å². The highest BCUT2D eigenvalue weighted by molar-refractivity contribution is 6.01. The first-order valence-corrected chi connectivity index (χ1v) is 5.38. The van der Waals surface area contributed by atoms with Crippen LogP contribution in [0.15, 0.2) is 6.07 Å². The van der Waals surface area contributed by atoms with Gasteiger partial charge in [-0.05, 0) is 6.92 Å². The minimum atomic E-state index is -0.340. The lowest BCUT2D eigenvalue weighted by atomic mass is 10.4. The fourth-order valence-corrected chi connectivity index (χ4v) is 1.74. The fraction of sp³-hybridized carbons (Fsp3) is 0.400. The van der Waals surface area contributed by atoms with Gasteiger partial charge in [0.05, 0.1) is 6.54 Å². The van der Waals surface area contributed by atoms with Gasteiger partial charge in [-0.2, -0.15) is 0 Å². The third-order valence-corrected chi connectivity index (χ3v) is 2.58. The summed E-state index contributed by atoms with van der Waals surface area (Å²) in [6.45, 7) is 1.93. The van der Waals surface area contributed by atoms with E-state index in [1.165, 1.54) is 4.90 Å². The maximum absolute atomic E-state index is 11.7. The summed E-state index contributed by atoms with van der Waals surface area (Å²) in [7, 11) is 1.57. The van der Waals surface area contributed by atoms with Gasteiger partial charge in [-0.25, -0.2) is 20.6 Å². The molecule has 8 heteroatoms. The van der Waals surface area contributed by atoms with Gasteiger partial charge in [0.1, 0.15) is 12.4 Å². The summed E-state index contributed by atoms with van der Waals surface area (Å²) in [4.78, 5) is 34.0. The van der Waals surface area contributed by atoms with E-state index in [0.29, 0.717) is 17.3 Å². The van der Waals surface area contributed by atoms with Crippen molar-refractivity contribution >= 4 is 17.8 Å². The molecule has 0 aliphatic carbocycles. The Morgan fingerprint density at radius 3 is 2.72 bits per heavy atom. The summed E-state index contributed by atoms with van der Waals surface area (Å²) in [5.74, 6) is 5.85. The number of carbonyl (C=O) groups is 2. The number of anilines is 1. The third-order valence-electron chi connectivity index (χ3n) is 2.58. The first kappa shape index (κ1) is 12.2. The predicted octanol–water partition coefficient (Wildman–Crippen LogP) is -0.535. The fourth-order valence-electron chi connectivity index (χ4n) is 1.74. The second-order valence-electron chi connectivity index (χ2n) is 4.07. The highest BCUT2D eigenvalue weighted by Crippen LogP contribution is 2.12. The number of rotatable bonds is 3. The van der Waals surface area contributed by atoms with Gasteiger partial charge in [0.2, 0.25) is 0 Å². The standard InChI is InChI=1S/C10H14N6O2/c1-6-3-7(14-11)13-8(12-6)4-16-9(17)5-15(2)10(16)18/h3H,4-5,11H2,1-2H3,(H,12,13,14). The Hall–Kier alpha value is -2.22. The quantitative estimate of drug-likeness (QED) is 0.424. The number of amides is 3. The Balaban J connectivity index is 2.21. The van der Waals surface area contributed by atoms with E-state index >= 15 is 0 Å². The molecule has 2 rings (SSSR count). The zero-order chi connectivity index (χ0) is 13.3. The highest BCUT2D eigenvalue weighted by atomic mass is 16.2. The topological polar surface area (TPSA) is 104 Å². The molecule has 0 aromatic carbocycles. The summed E-state index contributed by atoms with van der Waals surface area (Å²) >= 11 is 0. The Kier molecular flexibility index (Phi) is 3.11. The van der Waals surface area contributed by atoms with Crippen LogP contribution < -0.4 is 11.3 Å². The van der Waals surface area contributed by atoms with Crippen LogP contribution in [-0.2, 0) is 11.3 Å². The van der Waals surface area contributed by atoms with E-state index in [1.54, 1.807) is 20.0 Å². The predicted molar refractivity (Wildman–Crippen MR) is 63.2 cm³/mol. The summed E-state index contributed by atoms with van der Waals surface area (Å²) in [6, 6.07) is 1.33. The molecule has 1 saturated heterocycles. The van der Waals surface area contributed by atoms with Crippen molar-refractivity contribution in [2.24, 2.45) is 5.84 Å². The van der Waals surface area contributed by atoms with Crippen LogP contribution in [0.3, 0.4) is 0 Å². The van der Waals surface area contributed by atoms with Gasteiger partial charge < -0.3 is 10.3 Å². The number of likely N-dealkylation sites (N-methyl/N-ethyl adjacent to an activating group) is 1. The van der Waals surface area contributed by atoms with Gasteiger partial charge >= 0.3 is 6.03 Å². The molecular formula is C10H14N6O2. The molecule has 1 aliphatic heterocycles. The number of hydrazine groups is 1. The number of nitrogens with zero attached hydrogens (tertiary/aromatic N) is 4. The van der Waals surface area contributed by atoms with E-state index < -0.39 is 0 Å². The molecule has 1 aromatic heterocycles. The lowest BCUT2D eigenvalue weighted by molar-refractivity contribution is -0.125. The van der Waals surface area contributed by atoms with E-state index in [-0.39, 0.29) is 25.0 Å². The molecular weight excluding hydrogens is 236 g/mol. The zero-order valence-electron chi connectivity index (χ0n) is 10.2. The van der Waals surface area contributed by atoms with Gasteiger partial charge in [0.25, 0.3) is 5.91 Å². The second kappa shape index (κ2) is 4.57. The molecule has 8 nitrogen and oxygen atoms in total. The number of nitrogens with one attached hydrogen (secondary N) is 1. The van der Waals surface area contributed by atoms with Crippen molar-refractivity contribution < 1.29 is 9.59 Å². The second-order valence-corrected chi connectivity index (χ2v) is 4.07. The van der Waals surface area contributed by atoms with Gasteiger partial charge in [-0.15, -0.1) is 0 Å². The Labute approximate surface area is 104 Å². The molecule has 18 heavy (non-hydrogen) atoms. The molecule has 0 unspecified atom stereocenters. The van der Waals surface area contributed by atoms with Crippen molar-refractivity contribution in [2.45, 2.75) is 13.5 Å². The Morgan fingerprint density at radius 1 is 1.44 bits per heavy atom. The number of carbonyl (C=O) groups excluding carboxylic acids is 2. The summed E-state index contributed by atoms with van der Waals surface area (Å²) in [5, 5.41) is 0. The largest absolute Gasteiger partial charge is 0.327 e. The summed E-state index contributed by atoms with van der Waals surface area (Å²) in [5.41, 5.74) is 3.12. The maximum atomic E-state index is 11.7. The van der Waals surface area contributed by atoms with Gasteiger partial charge in [0.15, 0.2) is 5.82 Å². The van der Waals surface area contributed by atoms with Crippen LogP contribution in [0, 0.1) is 6.92 Å². The number of hydrogen-bond acceptors (Lipinski definition) is 6. The molecule has 1 aromatic rings. The van der Waals surface area contributed by atoms with E-state index in [4.69, 9.17) is 5.84 Å². The molecule has 96 valence electrons.